The molecule has 1 fully saturated rings. The molecule has 0 bridgehead atoms. The molecule has 1 rings (SSSR count). The number of nitrogens with zero attached hydrogens (tertiary/aromatic N) is 1. The van der Waals surface area contributed by atoms with Gasteiger partial charge in [-0.3, -0.25) is 4.79 Å². The molecule has 3 heteroatoms. The van der Waals surface area contributed by atoms with Crippen molar-refractivity contribution < 1.29 is 4.79 Å². The third-order valence-corrected chi connectivity index (χ3v) is 2.07. The van der Waals surface area contributed by atoms with Crippen molar-refractivity contribution in [2.45, 2.75) is 40.5 Å². The summed E-state index contributed by atoms with van der Waals surface area (Å²) in [6.45, 7) is 8.74. The Balaban J connectivity index is 0.000000791. The summed E-state index contributed by atoms with van der Waals surface area (Å²) in [5, 5.41) is 11.5. The Bertz CT molecular complexity index is 224. The topological polar surface area (TPSA) is 52.9 Å². The zero-order chi connectivity index (χ0) is 11.2. The van der Waals surface area contributed by atoms with Crippen LogP contribution in [0.2, 0.25) is 0 Å². The second-order valence-corrected chi connectivity index (χ2v) is 3.80. The lowest BCUT2D eigenvalue weighted by Gasteiger charge is -2.09. The van der Waals surface area contributed by atoms with Crippen LogP contribution >= 0.6 is 0 Å². The molecular weight excluding hydrogens is 176 g/mol. The first-order chi connectivity index (χ1) is 6.60. The average Bonchev–Trinajstić information content (AvgIpc) is 2.98. The summed E-state index contributed by atoms with van der Waals surface area (Å²) in [6.07, 6.45) is 1.46. The van der Waals surface area contributed by atoms with Crippen LogP contribution in [0.25, 0.3) is 0 Å². The fraction of sp³-hybridized carbons (Fsp3) is 0.818. The molecule has 1 aliphatic rings. The van der Waals surface area contributed by atoms with E-state index in [0.29, 0.717) is 12.5 Å². The summed E-state index contributed by atoms with van der Waals surface area (Å²) in [4.78, 5) is 11.3. The second-order valence-electron chi connectivity index (χ2n) is 3.80. The van der Waals surface area contributed by atoms with Gasteiger partial charge in [0.1, 0.15) is 5.41 Å². The number of hydrogen-bond donors (Lipinski definition) is 1. The zero-order valence-electron chi connectivity index (χ0n) is 9.55. The normalized spacial score (nSPS) is 16.3. The smallest absolute Gasteiger partial charge is 0.240 e. The van der Waals surface area contributed by atoms with Crippen LogP contribution in [-0.2, 0) is 4.79 Å². The molecule has 0 saturated heterocycles. The van der Waals surface area contributed by atoms with Crippen LogP contribution in [0.4, 0.5) is 0 Å². The Hall–Kier alpha value is -1.04. The van der Waals surface area contributed by atoms with E-state index in [2.05, 4.69) is 11.4 Å². The molecule has 0 heterocycles. The minimum absolute atomic E-state index is 0.0845. The van der Waals surface area contributed by atoms with Crippen LogP contribution in [0.15, 0.2) is 0 Å². The molecule has 14 heavy (non-hydrogen) atoms. The molecule has 1 N–H and O–H groups in total. The van der Waals surface area contributed by atoms with Crippen molar-refractivity contribution >= 4 is 5.91 Å². The maximum absolute atomic E-state index is 11.3. The third kappa shape index (κ3) is 3.37. The first kappa shape index (κ1) is 13.0. The number of amides is 1. The SMILES string of the molecule is CC.CC(C)CNC(=O)C1(C#N)CC1. The first-order valence-electron chi connectivity index (χ1n) is 5.30. The number of hydrogen-bond acceptors (Lipinski definition) is 2. The van der Waals surface area contributed by atoms with Gasteiger partial charge < -0.3 is 5.32 Å². The highest BCUT2D eigenvalue weighted by Gasteiger charge is 2.50. The monoisotopic (exact) mass is 196 g/mol. The Labute approximate surface area is 86.5 Å². The fourth-order valence-corrected chi connectivity index (χ4v) is 0.981. The van der Waals surface area contributed by atoms with Gasteiger partial charge in [0.05, 0.1) is 6.07 Å². The number of carbonyl (C=O) groups is 1. The van der Waals surface area contributed by atoms with E-state index in [-0.39, 0.29) is 5.91 Å². The highest BCUT2D eigenvalue weighted by atomic mass is 16.2. The summed E-state index contributed by atoms with van der Waals surface area (Å²) in [6, 6.07) is 2.06. The quantitative estimate of drug-likeness (QED) is 0.751. The highest BCUT2D eigenvalue weighted by Crippen LogP contribution is 2.44. The number of nitrogens with one attached hydrogen (secondary N) is 1. The van der Waals surface area contributed by atoms with E-state index in [1.165, 1.54) is 0 Å². The molecule has 80 valence electrons. The molecule has 0 aromatic heterocycles. The van der Waals surface area contributed by atoms with Gasteiger partial charge in [-0.15, -0.1) is 0 Å². The van der Waals surface area contributed by atoms with Crippen molar-refractivity contribution in [3.05, 3.63) is 0 Å². The number of rotatable bonds is 3. The lowest BCUT2D eigenvalue weighted by molar-refractivity contribution is -0.124. The van der Waals surface area contributed by atoms with Crippen molar-refractivity contribution in [1.82, 2.24) is 5.32 Å². The minimum Gasteiger partial charge on any atom is -0.354 e. The van der Waals surface area contributed by atoms with E-state index in [9.17, 15) is 4.79 Å². The van der Waals surface area contributed by atoms with Gasteiger partial charge in [-0.1, -0.05) is 27.7 Å². The lowest BCUT2D eigenvalue weighted by Crippen LogP contribution is -2.33. The van der Waals surface area contributed by atoms with Crippen LogP contribution in [0.5, 0.6) is 0 Å². The fourth-order valence-electron chi connectivity index (χ4n) is 0.981. The molecule has 1 amide bonds. The van der Waals surface area contributed by atoms with Crippen LogP contribution in [-0.4, -0.2) is 12.5 Å². The Kier molecular flexibility index (Phi) is 5.22. The molecule has 0 aromatic rings. The van der Waals surface area contributed by atoms with Gasteiger partial charge in [0.15, 0.2) is 0 Å². The predicted molar refractivity (Wildman–Crippen MR) is 56.5 cm³/mol. The van der Waals surface area contributed by atoms with E-state index < -0.39 is 5.41 Å². The van der Waals surface area contributed by atoms with Crippen molar-refractivity contribution in [1.29, 1.82) is 5.26 Å². The Morgan fingerprint density at radius 1 is 1.50 bits per heavy atom. The first-order valence-corrected chi connectivity index (χ1v) is 5.30. The van der Waals surface area contributed by atoms with E-state index in [1.807, 2.05) is 27.7 Å². The third-order valence-electron chi connectivity index (χ3n) is 2.07. The number of nitriles is 1. The molecular formula is C11H20N2O. The lowest BCUT2D eigenvalue weighted by atomic mass is 10.1. The maximum Gasteiger partial charge on any atom is 0.240 e. The second kappa shape index (κ2) is 5.64. The molecule has 1 saturated carbocycles. The zero-order valence-corrected chi connectivity index (χ0v) is 9.55. The molecule has 3 nitrogen and oxygen atoms in total. The van der Waals surface area contributed by atoms with Gasteiger partial charge in [0, 0.05) is 6.54 Å². The summed E-state index contributed by atoms with van der Waals surface area (Å²) in [5.41, 5.74) is -0.658. The molecule has 0 aliphatic heterocycles. The van der Waals surface area contributed by atoms with Crippen molar-refractivity contribution in [3.8, 4) is 6.07 Å². The highest BCUT2D eigenvalue weighted by molar-refractivity contribution is 5.88. The van der Waals surface area contributed by atoms with Gasteiger partial charge in [0.2, 0.25) is 5.91 Å². The molecule has 1 aliphatic carbocycles. The summed E-state index contributed by atoms with van der Waals surface area (Å²) >= 11 is 0. The Morgan fingerprint density at radius 3 is 2.29 bits per heavy atom. The van der Waals surface area contributed by atoms with Gasteiger partial charge in [-0.25, -0.2) is 0 Å². The van der Waals surface area contributed by atoms with Gasteiger partial charge in [-0.2, -0.15) is 5.26 Å². The van der Waals surface area contributed by atoms with Crippen LogP contribution in [0.1, 0.15) is 40.5 Å². The van der Waals surface area contributed by atoms with Crippen molar-refractivity contribution in [3.63, 3.8) is 0 Å². The maximum atomic E-state index is 11.3. The summed E-state index contributed by atoms with van der Waals surface area (Å²) in [5.74, 6) is 0.363. The van der Waals surface area contributed by atoms with Crippen LogP contribution in [0, 0.1) is 22.7 Å². The van der Waals surface area contributed by atoms with E-state index in [1.54, 1.807) is 0 Å². The van der Waals surface area contributed by atoms with Crippen molar-refractivity contribution in [2.24, 2.45) is 11.3 Å². The van der Waals surface area contributed by atoms with E-state index in [4.69, 9.17) is 5.26 Å². The van der Waals surface area contributed by atoms with Crippen molar-refractivity contribution in [2.75, 3.05) is 6.54 Å². The van der Waals surface area contributed by atoms with E-state index in [0.717, 1.165) is 12.8 Å². The van der Waals surface area contributed by atoms with Gasteiger partial charge >= 0.3 is 0 Å². The number of carbonyl (C=O) groups excluding carboxylic acids is 1. The summed E-state index contributed by atoms with van der Waals surface area (Å²) < 4.78 is 0. The molecule has 0 aromatic carbocycles. The minimum atomic E-state index is -0.658. The largest absolute Gasteiger partial charge is 0.354 e. The van der Waals surface area contributed by atoms with Gasteiger partial charge in [-0.05, 0) is 18.8 Å². The van der Waals surface area contributed by atoms with Crippen LogP contribution < -0.4 is 5.32 Å². The van der Waals surface area contributed by atoms with Gasteiger partial charge in [0.25, 0.3) is 0 Å². The van der Waals surface area contributed by atoms with E-state index >= 15 is 0 Å². The average molecular weight is 196 g/mol. The Morgan fingerprint density at radius 2 is 2.00 bits per heavy atom. The standard InChI is InChI=1S/C9H14N2O.C2H6/c1-7(2)5-11-8(12)9(6-10)3-4-9;1-2/h7H,3-5H2,1-2H3,(H,11,12);1-2H3. The molecule has 0 radical (unpaired) electrons. The molecule has 0 spiro atoms. The molecule has 0 unspecified atom stereocenters. The molecule has 0 atom stereocenters. The summed E-state index contributed by atoms with van der Waals surface area (Å²) in [7, 11) is 0. The van der Waals surface area contributed by atoms with Crippen LogP contribution in [0.3, 0.4) is 0 Å². The predicted octanol–water partition coefficient (Wildman–Crippen LogP) is 2.09.